The quantitative estimate of drug-likeness (QED) is 0.675. The predicted octanol–water partition coefficient (Wildman–Crippen LogP) is 2.47. The number of hydrogen-bond acceptors (Lipinski definition) is 1. The van der Waals surface area contributed by atoms with Gasteiger partial charge in [0.2, 0.25) is 0 Å². The summed E-state index contributed by atoms with van der Waals surface area (Å²) in [6.07, 6.45) is 3.77. The normalized spacial score (nSPS) is 25.6. The van der Waals surface area contributed by atoms with Crippen molar-refractivity contribution in [2.45, 2.75) is 25.4 Å². The molecule has 0 N–H and O–H groups in total. The van der Waals surface area contributed by atoms with Gasteiger partial charge in [0, 0.05) is 6.20 Å². The highest BCUT2D eigenvalue weighted by Gasteiger charge is 2.41. The van der Waals surface area contributed by atoms with Crippen molar-refractivity contribution in [1.29, 1.82) is 0 Å². The summed E-state index contributed by atoms with van der Waals surface area (Å²) >= 11 is 0. The first-order valence-corrected chi connectivity index (χ1v) is 4.83. The number of halogens is 1. The van der Waals surface area contributed by atoms with Crippen molar-refractivity contribution in [1.82, 2.24) is 9.38 Å². The number of imidazole rings is 1. The maximum Gasteiger partial charge on any atom is 0.119 e. The molecular formula is C11H11FN2. The molecule has 1 saturated carbocycles. The lowest BCUT2D eigenvalue weighted by Gasteiger charge is -2.00. The summed E-state index contributed by atoms with van der Waals surface area (Å²) in [5.74, 6) is 0.899. The Kier molecular flexibility index (Phi) is 1.46. The zero-order valence-corrected chi connectivity index (χ0v) is 7.94. The molecular weight excluding hydrogens is 179 g/mol. The molecule has 2 nitrogen and oxygen atoms in total. The number of fused-ring (bicyclic) bond motifs is 1. The Morgan fingerprint density at radius 3 is 3.00 bits per heavy atom. The molecule has 72 valence electrons. The van der Waals surface area contributed by atoms with Gasteiger partial charge in [-0.3, -0.25) is 0 Å². The topological polar surface area (TPSA) is 17.3 Å². The van der Waals surface area contributed by atoms with Crippen LogP contribution in [-0.4, -0.2) is 15.6 Å². The molecule has 0 aliphatic heterocycles. The van der Waals surface area contributed by atoms with Crippen LogP contribution in [-0.2, 0) is 0 Å². The summed E-state index contributed by atoms with van der Waals surface area (Å²) < 4.78 is 14.9. The Labute approximate surface area is 81.4 Å². The molecule has 2 aromatic rings. The summed E-state index contributed by atoms with van der Waals surface area (Å²) in [4.78, 5) is 4.27. The van der Waals surface area contributed by atoms with Crippen molar-refractivity contribution in [3.63, 3.8) is 0 Å². The van der Waals surface area contributed by atoms with Gasteiger partial charge >= 0.3 is 0 Å². The van der Waals surface area contributed by atoms with E-state index in [1.807, 2.05) is 29.7 Å². The van der Waals surface area contributed by atoms with Crippen molar-refractivity contribution in [2.24, 2.45) is 0 Å². The molecule has 0 amide bonds. The zero-order valence-electron chi connectivity index (χ0n) is 7.94. The molecule has 1 aliphatic carbocycles. The van der Waals surface area contributed by atoms with Crippen LogP contribution in [0.2, 0.25) is 0 Å². The monoisotopic (exact) mass is 190 g/mol. The molecule has 1 aliphatic rings. The molecule has 0 unspecified atom stereocenters. The first kappa shape index (κ1) is 7.97. The number of nitrogens with zero attached hydrogens (tertiary/aromatic N) is 2. The summed E-state index contributed by atoms with van der Waals surface area (Å²) in [5.41, 5.74) is 2.22. The number of pyridine rings is 1. The van der Waals surface area contributed by atoms with E-state index in [9.17, 15) is 4.39 Å². The second kappa shape index (κ2) is 2.56. The number of alkyl halides is 1. The Hall–Kier alpha value is -1.38. The average Bonchev–Trinajstić information content (AvgIpc) is 2.75. The Bertz CT molecular complexity index is 489. The molecule has 0 saturated heterocycles. The van der Waals surface area contributed by atoms with E-state index in [1.165, 1.54) is 5.56 Å². The molecule has 0 aromatic carbocycles. The van der Waals surface area contributed by atoms with Crippen LogP contribution >= 0.6 is 0 Å². The molecule has 2 heterocycles. The van der Waals surface area contributed by atoms with Crippen LogP contribution in [0.4, 0.5) is 4.39 Å². The van der Waals surface area contributed by atoms with E-state index in [4.69, 9.17) is 0 Å². The third-order valence-electron chi connectivity index (χ3n) is 2.75. The highest BCUT2D eigenvalue weighted by molar-refractivity contribution is 5.47. The van der Waals surface area contributed by atoms with E-state index >= 15 is 0 Å². The third kappa shape index (κ3) is 1.05. The second-order valence-electron chi connectivity index (χ2n) is 3.98. The predicted molar refractivity (Wildman–Crippen MR) is 52.2 cm³/mol. The van der Waals surface area contributed by atoms with Crippen molar-refractivity contribution in [3.05, 3.63) is 35.9 Å². The minimum absolute atomic E-state index is 0.0271. The third-order valence-corrected chi connectivity index (χ3v) is 2.75. The molecule has 0 radical (unpaired) electrons. The Morgan fingerprint density at radius 1 is 1.50 bits per heavy atom. The fourth-order valence-corrected chi connectivity index (χ4v) is 1.82. The van der Waals surface area contributed by atoms with Crippen LogP contribution in [0, 0.1) is 6.92 Å². The van der Waals surface area contributed by atoms with E-state index < -0.39 is 6.17 Å². The van der Waals surface area contributed by atoms with Gasteiger partial charge in [-0.15, -0.1) is 0 Å². The van der Waals surface area contributed by atoms with E-state index in [2.05, 4.69) is 4.98 Å². The summed E-state index contributed by atoms with van der Waals surface area (Å²) in [5, 5.41) is 0. The Balaban J connectivity index is 2.19. The number of aromatic nitrogens is 2. The summed E-state index contributed by atoms with van der Waals surface area (Å²) in [6, 6.07) is 4.06. The molecule has 0 spiro atoms. The maximum absolute atomic E-state index is 12.9. The van der Waals surface area contributed by atoms with Crippen molar-refractivity contribution in [2.75, 3.05) is 0 Å². The SMILES string of the molecule is Cc1ccc2cnc([C@@H]3C[C@H]3F)n2c1. The van der Waals surface area contributed by atoms with E-state index in [1.54, 1.807) is 6.20 Å². The Morgan fingerprint density at radius 2 is 2.29 bits per heavy atom. The lowest BCUT2D eigenvalue weighted by Crippen LogP contribution is -1.94. The lowest BCUT2D eigenvalue weighted by atomic mass is 10.3. The molecule has 3 rings (SSSR count). The second-order valence-corrected chi connectivity index (χ2v) is 3.98. The fraction of sp³-hybridized carbons (Fsp3) is 0.364. The van der Waals surface area contributed by atoms with Crippen LogP contribution < -0.4 is 0 Å². The van der Waals surface area contributed by atoms with Gasteiger partial charge in [-0.25, -0.2) is 9.37 Å². The molecule has 3 heteroatoms. The van der Waals surface area contributed by atoms with Crippen LogP contribution in [0.3, 0.4) is 0 Å². The largest absolute Gasteiger partial charge is 0.303 e. The van der Waals surface area contributed by atoms with E-state index in [0.717, 1.165) is 11.3 Å². The smallest absolute Gasteiger partial charge is 0.119 e. The summed E-state index contributed by atoms with van der Waals surface area (Å²) in [7, 11) is 0. The zero-order chi connectivity index (χ0) is 9.71. The first-order chi connectivity index (χ1) is 6.75. The van der Waals surface area contributed by atoms with Crippen molar-refractivity contribution >= 4 is 5.52 Å². The van der Waals surface area contributed by atoms with Gasteiger partial charge in [0.1, 0.15) is 12.0 Å². The number of rotatable bonds is 1. The van der Waals surface area contributed by atoms with Gasteiger partial charge in [0.25, 0.3) is 0 Å². The van der Waals surface area contributed by atoms with Gasteiger partial charge < -0.3 is 4.40 Å². The molecule has 1 fully saturated rings. The van der Waals surface area contributed by atoms with Crippen LogP contribution in [0.25, 0.3) is 5.52 Å². The van der Waals surface area contributed by atoms with Gasteiger partial charge in [-0.05, 0) is 25.0 Å². The first-order valence-electron chi connectivity index (χ1n) is 4.83. The van der Waals surface area contributed by atoms with Crippen molar-refractivity contribution in [3.8, 4) is 0 Å². The molecule has 14 heavy (non-hydrogen) atoms. The van der Waals surface area contributed by atoms with Gasteiger partial charge in [0.05, 0.1) is 17.6 Å². The van der Waals surface area contributed by atoms with Crippen molar-refractivity contribution < 1.29 is 4.39 Å². The fourth-order valence-electron chi connectivity index (χ4n) is 1.82. The van der Waals surface area contributed by atoms with E-state index in [0.29, 0.717) is 6.42 Å². The highest BCUT2D eigenvalue weighted by Crippen LogP contribution is 2.42. The number of aryl methyl sites for hydroxylation is 1. The average molecular weight is 190 g/mol. The lowest BCUT2D eigenvalue weighted by molar-refractivity contribution is 0.464. The standard InChI is InChI=1S/C11H11FN2/c1-7-2-3-8-5-13-11(14(8)6-7)9-4-10(9)12/h2-3,5-6,9-10H,4H2,1H3/t9-,10-/m1/s1. The molecule has 2 aromatic heterocycles. The van der Waals surface area contributed by atoms with Crippen LogP contribution in [0.5, 0.6) is 0 Å². The number of hydrogen-bond donors (Lipinski definition) is 0. The maximum atomic E-state index is 12.9. The van der Waals surface area contributed by atoms with E-state index in [-0.39, 0.29) is 5.92 Å². The molecule has 0 bridgehead atoms. The minimum Gasteiger partial charge on any atom is -0.303 e. The van der Waals surface area contributed by atoms with Gasteiger partial charge in [-0.1, -0.05) is 6.07 Å². The minimum atomic E-state index is -0.680. The highest BCUT2D eigenvalue weighted by atomic mass is 19.1. The van der Waals surface area contributed by atoms with Crippen LogP contribution in [0.1, 0.15) is 23.7 Å². The van der Waals surface area contributed by atoms with Gasteiger partial charge in [-0.2, -0.15) is 0 Å². The van der Waals surface area contributed by atoms with Gasteiger partial charge in [0.15, 0.2) is 0 Å². The molecule has 2 atom stereocenters. The summed E-state index contributed by atoms with van der Waals surface area (Å²) in [6.45, 7) is 2.03. The van der Waals surface area contributed by atoms with Crippen LogP contribution in [0.15, 0.2) is 24.5 Å².